The summed E-state index contributed by atoms with van der Waals surface area (Å²) in [5, 5.41) is 0. The number of amides is 1. The molecular formula is C26H26BrNOS2. The van der Waals surface area contributed by atoms with Gasteiger partial charge in [-0.15, -0.1) is 0 Å². The van der Waals surface area contributed by atoms with Gasteiger partial charge in [-0.3, -0.25) is 4.79 Å². The van der Waals surface area contributed by atoms with E-state index in [0.717, 1.165) is 26.0 Å². The molecule has 160 valence electrons. The van der Waals surface area contributed by atoms with Crippen LogP contribution in [0.2, 0.25) is 0 Å². The Morgan fingerprint density at radius 3 is 1.77 bits per heavy atom. The van der Waals surface area contributed by atoms with Crippen LogP contribution in [0.1, 0.15) is 31.9 Å². The Balaban J connectivity index is 1.99. The number of benzene rings is 3. The highest BCUT2D eigenvalue weighted by molar-refractivity contribution is 9.10. The fourth-order valence-electron chi connectivity index (χ4n) is 2.99. The first-order valence-electron chi connectivity index (χ1n) is 10.3. The Bertz CT molecular complexity index is 937. The Hall–Kier alpha value is -1.95. The molecule has 5 heteroatoms. The molecule has 2 nitrogen and oxygen atoms in total. The summed E-state index contributed by atoms with van der Waals surface area (Å²) < 4.78 is 1.05. The van der Waals surface area contributed by atoms with Crippen LogP contribution in [0.5, 0.6) is 0 Å². The van der Waals surface area contributed by atoms with Crippen LogP contribution < -0.4 is 0 Å². The van der Waals surface area contributed by atoms with E-state index in [-0.39, 0.29) is 16.8 Å². The Labute approximate surface area is 202 Å². The van der Waals surface area contributed by atoms with Crippen molar-refractivity contribution in [3.05, 3.63) is 107 Å². The number of nitrogens with zero attached hydrogens (tertiary/aromatic N) is 1. The molecule has 0 aliphatic heterocycles. The van der Waals surface area contributed by atoms with Crippen LogP contribution in [0.15, 0.2) is 111 Å². The van der Waals surface area contributed by atoms with E-state index in [1.54, 1.807) is 23.5 Å². The van der Waals surface area contributed by atoms with Crippen LogP contribution in [0, 0.1) is 0 Å². The van der Waals surface area contributed by atoms with Crippen molar-refractivity contribution in [1.29, 1.82) is 0 Å². The predicted molar refractivity (Wildman–Crippen MR) is 137 cm³/mol. The van der Waals surface area contributed by atoms with Crippen molar-refractivity contribution in [2.75, 3.05) is 0 Å². The van der Waals surface area contributed by atoms with Crippen LogP contribution in [-0.4, -0.2) is 15.6 Å². The highest BCUT2D eigenvalue weighted by Crippen LogP contribution is 2.40. The Morgan fingerprint density at radius 1 is 0.871 bits per heavy atom. The predicted octanol–water partition coefficient (Wildman–Crippen LogP) is 8.13. The zero-order chi connectivity index (χ0) is 22.1. The van der Waals surface area contributed by atoms with Crippen molar-refractivity contribution in [3.8, 4) is 0 Å². The highest BCUT2D eigenvalue weighted by Gasteiger charge is 2.25. The lowest BCUT2D eigenvalue weighted by atomic mass is 10.1. The minimum absolute atomic E-state index is 0.0682. The van der Waals surface area contributed by atoms with E-state index in [1.807, 2.05) is 72.6 Å². The molecule has 0 saturated carbocycles. The average molecular weight is 513 g/mol. The number of carbonyl (C=O) groups is 1. The van der Waals surface area contributed by atoms with Gasteiger partial charge in [0.2, 0.25) is 5.91 Å². The summed E-state index contributed by atoms with van der Waals surface area (Å²) in [4.78, 5) is 17.3. The summed E-state index contributed by atoms with van der Waals surface area (Å²) in [7, 11) is 0. The molecule has 0 heterocycles. The molecular weight excluding hydrogens is 486 g/mol. The molecule has 0 radical (unpaired) electrons. The summed E-state index contributed by atoms with van der Waals surface area (Å²) in [6.45, 7) is 4.10. The van der Waals surface area contributed by atoms with Gasteiger partial charge in [0, 0.05) is 16.0 Å². The summed E-state index contributed by atoms with van der Waals surface area (Å²) in [6, 6.07) is 30.6. The number of hydrogen-bond donors (Lipinski definition) is 0. The van der Waals surface area contributed by atoms with Crippen LogP contribution in [0.4, 0.5) is 0 Å². The Morgan fingerprint density at radius 2 is 1.32 bits per heavy atom. The summed E-state index contributed by atoms with van der Waals surface area (Å²) in [5.74, 6) is 0.0682. The van der Waals surface area contributed by atoms with Gasteiger partial charge in [0.05, 0.1) is 15.1 Å². The van der Waals surface area contributed by atoms with E-state index in [9.17, 15) is 4.79 Å². The first kappa shape index (κ1) is 23.7. The summed E-state index contributed by atoms with van der Waals surface area (Å²) >= 11 is 6.93. The lowest BCUT2D eigenvalue weighted by Crippen LogP contribution is -2.34. The van der Waals surface area contributed by atoms with Crippen LogP contribution >= 0.6 is 39.5 Å². The van der Waals surface area contributed by atoms with E-state index in [1.165, 1.54) is 0 Å². The van der Waals surface area contributed by atoms with E-state index in [2.05, 4.69) is 59.3 Å². The maximum atomic E-state index is 13.3. The van der Waals surface area contributed by atoms with Gasteiger partial charge >= 0.3 is 0 Å². The molecule has 0 bridgehead atoms. The van der Waals surface area contributed by atoms with Gasteiger partial charge in [0.15, 0.2) is 0 Å². The van der Waals surface area contributed by atoms with Crippen molar-refractivity contribution in [2.24, 2.45) is 0 Å². The second kappa shape index (κ2) is 12.2. The molecule has 0 spiro atoms. The average Bonchev–Trinajstić information content (AvgIpc) is 2.83. The fraction of sp³-hybridized carbons (Fsp3) is 0.192. The molecule has 3 aromatic carbocycles. The number of carbonyl (C=O) groups excluding carboxylic acids is 1. The highest BCUT2D eigenvalue weighted by atomic mass is 79.9. The van der Waals surface area contributed by atoms with Crippen molar-refractivity contribution < 1.29 is 4.79 Å². The molecule has 0 fully saturated rings. The third-order valence-corrected chi connectivity index (χ3v) is 7.92. The van der Waals surface area contributed by atoms with E-state index < -0.39 is 0 Å². The molecule has 0 N–H and O–H groups in total. The first-order valence-corrected chi connectivity index (χ1v) is 12.8. The molecule has 0 aliphatic rings. The topological polar surface area (TPSA) is 20.3 Å². The lowest BCUT2D eigenvalue weighted by molar-refractivity contribution is -0.129. The number of hydrogen-bond acceptors (Lipinski definition) is 3. The van der Waals surface area contributed by atoms with Crippen molar-refractivity contribution in [3.63, 3.8) is 0 Å². The molecule has 31 heavy (non-hydrogen) atoms. The molecule has 0 saturated heterocycles. The molecule has 3 aromatic rings. The first-order chi connectivity index (χ1) is 15.1. The van der Waals surface area contributed by atoms with Crippen molar-refractivity contribution in [1.82, 2.24) is 4.90 Å². The molecule has 0 aliphatic carbocycles. The van der Waals surface area contributed by atoms with E-state index in [4.69, 9.17) is 0 Å². The number of thioether (sulfide) groups is 2. The summed E-state index contributed by atoms with van der Waals surface area (Å²) in [5.41, 5.74) is 1.11. The van der Waals surface area contributed by atoms with Crippen molar-refractivity contribution >= 4 is 45.4 Å². The minimum Gasteiger partial charge on any atom is -0.309 e. The van der Waals surface area contributed by atoms with Gasteiger partial charge < -0.3 is 4.90 Å². The van der Waals surface area contributed by atoms with E-state index in [0.29, 0.717) is 0 Å². The number of rotatable bonds is 9. The quantitative estimate of drug-likeness (QED) is 0.213. The molecule has 1 unspecified atom stereocenters. The second-order valence-corrected chi connectivity index (χ2v) is 10.6. The SMILES string of the molecule is CCC(Br)C(=O)N(C=C(Sc1ccccc1)Sc1ccccc1)[C@@H](C)c1ccccc1. The monoisotopic (exact) mass is 511 g/mol. The van der Waals surface area contributed by atoms with Crippen LogP contribution in [0.3, 0.4) is 0 Å². The second-order valence-electron chi connectivity index (χ2n) is 6.99. The normalized spacial score (nSPS) is 12.6. The molecule has 2 atom stereocenters. The lowest BCUT2D eigenvalue weighted by Gasteiger charge is -2.29. The minimum atomic E-state index is -0.223. The third kappa shape index (κ3) is 7.03. The van der Waals surface area contributed by atoms with Gasteiger partial charge in [-0.25, -0.2) is 0 Å². The number of halogens is 1. The van der Waals surface area contributed by atoms with Crippen LogP contribution in [-0.2, 0) is 4.79 Å². The maximum Gasteiger partial charge on any atom is 0.240 e. The molecule has 3 rings (SSSR count). The largest absolute Gasteiger partial charge is 0.309 e. The molecule has 0 aromatic heterocycles. The van der Waals surface area contributed by atoms with Crippen LogP contribution in [0.25, 0.3) is 0 Å². The van der Waals surface area contributed by atoms with Gasteiger partial charge in [0.1, 0.15) is 0 Å². The van der Waals surface area contributed by atoms with E-state index >= 15 is 0 Å². The third-order valence-electron chi connectivity index (χ3n) is 4.75. The smallest absolute Gasteiger partial charge is 0.240 e. The zero-order valence-corrected chi connectivity index (χ0v) is 20.9. The standard InChI is InChI=1S/C26H26BrNOS2/c1-3-24(27)26(29)28(20(2)21-13-7-4-8-14-21)19-25(30-22-15-9-5-10-16-22)31-23-17-11-6-12-18-23/h4-20,24H,3H2,1-2H3/t20-,24?/m0/s1. The summed E-state index contributed by atoms with van der Waals surface area (Å²) in [6.07, 6.45) is 2.75. The number of alkyl halides is 1. The maximum absolute atomic E-state index is 13.3. The van der Waals surface area contributed by atoms with Gasteiger partial charge in [-0.1, -0.05) is 113 Å². The zero-order valence-electron chi connectivity index (χ0n) is 17.6. The van der Waals surface area contributed by atoms with Gasteiger partial charge in [-0.05, 0) is 43.2 Å². The Kier molecular flexibility index (Phi) is 9.31. The molecule has 1 amide bonds. The van der Waals surface area contributed by atoms with Gasteiger partial charge in [-0.2, -0.15) is 0 Å². The van der Waals surface area contributed by atoms with Crippen molar-refractivity contribution in [2.45, 2.75) is 40.9 Å². The van der Waals surface area contributed by atoms with Gasteiger partial charge in [0.25, 0.3) is 0 Å². The fourth-order valence-corrected chi connectivity index (χ4v) is 5.36.